The second kappa shape index (κ2) is 7.76. The lowest BCUT2D eigenvalue weighted by molar-refractivity contribution is -0.135. The lowest BCUT2D eigenvalue weighted by Crippen LogP contribution is -2.47. The lowest BCUT2D eigenvalue weighted by atomic mass is 9.90. The normalized spacial score (nSPS) is 19.2. The Bertz CT molecular complexity index is 696. The smallest absolute Gasteiger partial charge is 0.325 e. The van der Waals surface area contributed by atoms with Crippen LogP contribution >= 0.6 is 0 Å². The number of urea groups is 1. The zero-order chi connectivity index (χ0) is 18.6. The number of nitrogens with zero attached hydrogens (tertiary/aromatic N) is 1. The number of hydrogen-bond donors (Lipinski definition) is 2. The fraction of sp³-hybridized carbons (Fsp3) is 0.526. The van der Waals surface area contributed by atoms with E-state index in [9.17, 15) is 14.4 Å². The molecule has 0 bridgehead atoms. The highest BCUT2D eigenvalue weighted by Crippen LogP contribution is 2.32. The second-order valence-electron chi connectivity index (χ2n) is 6.91. The molecule has 7 nitrogen and oxygen atoms in total. The van der Waals surface area contributed by atoms with Crippen LogP contribution in [0.5, 0.6) is 5.75 Å². The van der Waals surface area contributed by atoms with Gasteiger partial charge < -0.3 is 15.4 Å². The highest BCUT2D eigenvalue weighted by Gasteiger charge is 2.51. The minimum atomic E-state index is -0.809. The molecule has 1 aliphatic heterocycles. The number of benzene rings is 1. The molecule has 0 radical (unpaired) electrons. The Morgan fingerprint density at radius 1 is 1.19 bits per heavy atom. The van der Waals surface area contributed by atoms with Gasteiger partial charge in [-0.25, -0.2) is 4.79 Å². The molecule has 1 aromatic carbocycles. The molecule has 3 rings (SSSR count). The number of carbonyl (C=O) groups is 3. The topological polar surface area (TPSA) is 87.7 Å². The van der Waals surface area contributed by atoms with Gasteiger partial charge in [-0.1, -0.05) is 43.9 Å². The summed E-state index contributed by atoms with van der Waals surface area (Å²) in [4.78, 5) is 38.4. The van der Waals surface area contributed by atoms with Gasteiger partial charge >= 0.3 is 6.03 Å². The predicted molar refractivity (Wildman–Crippen MR) is 95.5 cm³/mol. The third-order valence-electron chi connectivity index (χ3n) is 5.17. The highest BCUT2D eigenvalue weighted by molar-refractivity contribution is 6.09. The molecule has 2 aliphatic rings. The number of carbonyl (C=O) groups excluding carboxylic acids is 3. The first-order valence-electron chi connectivity index (χ1n) is 9.08. The van der Waals surface area contributed by atoms with Crippen molar-refractivity contribution in [3.8, 4) is 5.75 Å². The lowest BCUT2D eigenvalue weighted by Gasteiger charge is -2.24. The van der Waals surface area contributed by atoms with E-state index in [0.717, 1.165) is 36.1 Å². The molecule has 140 valence electrons. The van der Waals surface area contributed by atoms with Gasteiger partial charge in [0.05, 0.1) is 7.11 Å². The van der Waals surface area contributed by atoms with Crippen molar-refractivity contribution in [2.45, 2.75) is 50.6 Å². The molecule has 4 amide bonds. The summed E-state index contributed by atoms with van der Waals surface area (Å²) in [6, 6.07) is 6.91. The molecule has 1 spiro atoms. The average Bonchev–Trinajstić information content (AvgIpc) is 2.82. The van der Waals surface area contributed by atoms with Gasteiger partial charge in [-0.2, -0.15) is 0 Å². The maximum atomic E-state index is 12.8. The molecule has 1 heterocycles. The first-order chi connectivity index (χ1) is 12.6. The molecule has 0 aromatic heterocycles. The molecule has 26 heavy (non-hydrogen) atoms. The zero-order valence-electron chi connectivity index (χ0n) is 15.0. The standard InChI is InChI=1S/C19H25N3O4/c1-26-15-9-5-4-8-14(15)12-20-16(23)13-22-17(24)19(21-18(22)25)10-6-2-3-7-11-19/h4-5,8-9H,2-3,6-7,10-13H2,1H3,(H,20,23)(H,21,25). The van der Waals surface area contributed by atoms with Crippen LogP contribution in [0, 0.1) is 0 Å². The highest BCUT2D eigenvalue weighted by atomic mass is 16.5. The quantitative estimate of drug-likeness (QED) is 0.787. The summed E-state index contributed by atoms with van der Waals surface area (Å²) in [6.07, 6.45) is 5.28. The zero-order valence-corrected chi connectivity index (χ0v) is 15.0. The van der Waals surface area contributed by atoms with E-state index in [1.165, 1.54) is 0 Å². The molecule has 0 unspecified atom stereocenters. The Hall–Kier alpha value is -2.57. The minimum Gasteiger partial charge on any atom is -0.496 e. The Balaban J connectivity index is 1.60. The summed E-state index contributed by atoms with van der Waals surface area (Å²) in [6.45, 7) is 0.0131. The van der Waals surface area contributed by atoms with Crippen LogP contribution in [0.1, 0.15) is 44.1 Å². The van der Waals surface area contributed by atoms with Gasteiger partial charge in [-0.15, -0.1) is 0 Å². The Labute approximate surface area is 153 Å². The van der Waals surface area contributed by atoms with Gasteiger partial charge in [-0.05, 0) is 18.9 Å². The van der Waals surface area contributed by atoms with Crippen LogP contribution in [0.15, 0.2) is 24.3 Å². The van der Waals surface area contributed by atoms with Crippen molar-refractivity contribution in [2.75, 3.05) is 13.7 Å². The first kappa shape index (κ1) is 18.2. The van der Waals surface area contributed by atoms with E-state index in [-0.39, 0.29) is 24.9 Å². The predicted octanol–water partition coefficient (Wildman–Crippen LogP) is 1.96. The van der Waals surface area contributed by atoms with Crippen molar-refractivity contribution >= 4 is 17.8 Å². The van der Waals surface area contributed by atoms with Crippen molar-refractivity contribution in [2.24, 2.45) is 0 Å². The van der Waals surface area contributed by atoms with Crippen molar-refractivity contribution in [3.63, 3.8) is 0 Å². The van der Waals surface area contributed by atoms with E-state index in [4.69, 9.17) is 4.74 Å². The van der Waals surface area contributed by atoms with Crippen molar-refractivity contribution in [3.05, 3.63) is 29.8 Å². The SMILES string of the molecule is COc1ccccc1CNC(=O)CN1C(=O)NC2(CCCCCC2)C1=O. The maximum Gasteiger partial charge on any atom is 0.325 e. The van der Waals surface area contributed by atoms with E-state index >= 15 is 0 Å². The van der Waals surface area contributed by atoms with E-state index in [2.05, 4.69) is 10.6 Å². The molecular formula is C19H25N3O4. The molecular weight excluding hydrogens is 334 g/mol. The van der Waals surface area contributed by atoms with Crippen LogP contribution in [0.4, 0.5) is 4.79 Å². The van der Waals surface area contributed by atoms with Gasteiger partial charge in [0.1, 0.15) is 17.8 Å². The van der Waals surface area contributed by atoms with Crippen LogP contribution in [0.25, 0.3) is 0 Å². The Morgan fingerprint density at radius 3 is 2.58 bits per heavy atom. The Morgan fingerprint density at radius 2 is 1.88 bits per heavy atom. The summed E-state index contributed by atoms with van der Waals surface area (Å²) >= 11 is 0. The average molecular weight is 359 g/mol. The van der Waals surface area contributed by atoms with E-state index in [1.54, 1.807) is 7.11 Å². The number of amides is 4. The van der Waals surface area contributed by atoms with Crippen LogP contribution < -0.4 is 15.4 Å². The molecule has 1 saturated carbocycles. The van der Waals surface area contributed by atoms with Gasteiger partial charge in [-0.3, -0.25) is 14.5 Å². The molecule has 1 aromatic rings. The monoisotopic (exact) mass is 359 g/mol. The summed E-state index contributed by atoms with van der Waals surface area (Å²) in [5.74, 6) is 0.0436. The summed E-state index contributed by atoms with van der Waals surface area (Å²) < 4.78 is 5.25. The van der Waals surface area contributed by atoms with E-state index in [1.807, 2.05) is 24.3 Å². The van der Waals surface area contributed by atoms with Crippen molar-refractivity contribution in [1.82, 2.24) is 15.5 Å². The number of ether oxygens (including phenoxy) is 1. The van der Waals surface area contributed by atoms with Gasteiger partial charge in [0.15, 0.2) is 0 Å². The number of methoxy groups -OCH3 is 1. The van der Waals surface area contributed by atoms with Crippen LogP contribution in [-0.4, -0.2) is 41.9 Å². The van der Waals surface area contributed by atoms with Gasteiger partial charge in [0.2, 0.25) is 5.91 Å². The van der Waals surface area contributed by atoms with Crippen LogP contribution in [0.2, 0.25) is 0 Å². The molecule has 1 saturated heterocycles. The minimum absolute atomic E-state index is 0.262. The number of imide groups is 1. The third kappa shape index (κ3) is 3.66. The number of rotatable bonds is 5. The summed E-state index contributed by atoms with van der Waals surface area (Å²) in [5, 5.41) is 5.60. The van der Waals surface area contributed by atoms with Crippen LogP contribution in [-0.2, 0) is 16.1 Å². The van der Waals surface area contributed by atoms with Gasteiger partial charge in [0, 0.05) is 12.1 Å². The van der Waals surface area contributed by atoms with E-state index < -0.39 is 11.6 Å². The first-order valence-corrected chi connectivity index (χ1v) is 9.08. The molecule has 7 heteroatoms. The fourth-order valence-electron chi connectivity index (χ4n) is 3.73. The molecule has 2 fully saturated rings. The molecule has 2 N–H and O–H groups in total. The maximum absolute atomic E-state index is 12.8. The number of nitrogens with one attached hydrogen (secondary N) is 2. The number of para-hydroxylation sites is 1. The molecule has 0 atom stereocenters. The molecule has 1 aliphatic carbocycles. The second-order valence-corrected chi connectivity index (χ2v) is 6.91. The number of hydrogen-bond acceptors (Lipinski definition) is 4. The van der Waals surface area contributed by atoms with E-state index in [0.29, 0.717) is 18.6 Å². The Kier molecular flexibility index (Phi) is 5.44. The third-order valence-corrected chi connectivity index (χ3v) is 5.17. The fourth-order valence-corrected chi connectivity index (χ4v) is 3.73. The summed E-state index contributed by atoms with van der Waals surface area (Å²) in [5.41, 5.74) is 0.0250. The van der Waals surface area contributed by atoms with Crippen LogP contribution in [0.3, 0.4) is 0 Å². The van der Waals surface area contributed by atoms with Crippen molar-refractivity contribution < 1.29 is 19.1 Å². The largest absolute Gasteiger partial charge is 0.496 e. The van der Waals surface area contributed by atoms with Crippen molar-refractivity contribution in [1.29, 1.82) is 0 Å². The summed E-state index contributed by atoms with van der Waals surface area (Å²) in [7, 11) is 1.57. The van der Waals surface area contributed by atoms with Gasteiger partial charge in [0.25, 0.3) is 5.91 Å².